The van der Waals surface area contributed by atoms with Crippen LogP contribution in [0.2, 0.25) is 0 Å². The molecule has 0 saturated carbocycles. The third kappa shape index (κ3) is 18.9. The van der Waals surface area contributed by atoms with Crippen LogP contribution in [0.25, 0.3) is 0 Å². The van der Waals surface area contributed by atoms with Crippen molar-refractivity contribution in [2.45, 2.75) is 55.6 Å². The van der Waals surface area contributed by atoms with E-state index in [-0.39, 0.29) is 0 Å². The molecule has 0 radical (unpaired) electrons. The summed E-state index contributed by atoms with van der Waals surface area (Å²) in [5, 5.41) is 0. The lowest BCUT2D eigenvalue weighted by Gasteiger charge is -2.60. The second kappa shape index (κ2) is 18.8. The Morgan fingerprint density at radius 1 is 0.305 bits per heavy atom. The minimum atomic E-state index is -8.00. The predicted octanol–water partition coefficient (Wildman–Crippen LogP) is -3.62. The van der Waals surface area contributed by atoms with Crippen molar-refractivity contribution in [2.24, 2.45) is 0 Å². The van der Waals surface area contributed by atoms with Gasteiger partial charge < -0.3 is 97.9 Å². The number of hydrogen-bond acceptors (Lipinski definition) is 20. The highest BCUT2D eigenvalue weighted by Crippen LogP contribution is 2.76. The van der Waals surface area contributed by atoms with Crippen molar-refractivity contribution in [3.63, 3.8) is 0 Å². The van der Waals surface area contributed by atoms with E-state index in [1.165, 1.54) is 0 Å². The molecule has 0 fully saturated rings. The number of phosphoric ester groups is 10. The van der Waals surface area contributed by atoms with Crippen LogP contribution in [-0.4, -0.2) is 127 Å². The molecule has 0 aromatic rings. The Morgan fingerprint density at radius 3 is 0.678 bits per heavy atom. The van der Waals surface area contributed by atoms with Gasteiger partial charge in [-0.3, -0.25) is 4.52 Å². The number of phosphoric acid groups is 10. The molecule has 0 aromatic heterocycles. The zero-order chi connectivity index (χ0) is 48.0. The molecule has 1 atom stereocenters. The van der Waals surface area contributed by atoms with Gasteiger partial charge in [0.25, 0.3) is 5.79 Å². The van der Waals surface area contributed by atoms with E-state index in [1.54, 1.807) is 0 Å². The first-order valence-corrected chi connectivity index (χ1v) is 28.1. The summed E-state index contributed by atoms with van der Waals surface area (Å²) in [6, 6.07) is 0. The van der Waals surface area contributed by atoms with Crippen molar-refractivity contribution in [3.8, 4) is 0 Å². The second-order valence-electron chi connectivity index (χ2n) is 10.2. The van der Waals surface area contributed by atoms with Crippen LogP contribution in [0.3, 0.4) is 0 Å². The van der Waals surface area contributed by atoms with E-state index in [0.717, 1.165) is 0 Å². The Morgan fingerprint density at radius 2 is 0.492 bits per heavy atom. The van der Waals surface area contributed by atoms with Gasteiger partial charge in [-0.1, -0.05) is 13.3 Å². The summed E-state index contributed by atoms with van der Waals surface area (Å²) in [5.74, 6) is -28.3. The van der Waals surface area contributed by atoms with Crippen LogP contribution < -0.4 is 0 Å². The molecule has 0 aliphatic rings. The zero-order valence-corrected chi connectivity index (χ0v) is 36.4. The van der Waals surface area contributed by atoms with E-state index < -0.39 is 127 Å². The summed E-state index contributed by atoms with van der Waals surface area (Å²) in [6.45, 7) is 0.0948. The van der Waals surface area contributed by atoms with Gasteiger partial charge in [0, 0.05) is 0 Å². The van der Waals surface area contributed by atoms with Gasteiger partial charge in [0.15, 0.2) is 0 Å². The topological polar surface area (TPSA) is 668 Å². The first-order valence-electron chi connectivity index (χ1n) is 12.8. The Labute approximate surface area is 322 Å². The lowest BCUT2D eigenvalue weighted by Crippen LogP contribution is -2.84. The maximum atomic E-state index is 12.8. The molecule has 1 unspecified atom stereocenters. The first-order chi connectivity index (χ1) is 25.1. The predicted molar refractivity (Wildman–Crippen MR) is 166 cm³/mol. The minimum absolute atomic E-state index is 0.513. The molecule has 50 heteroatoms. The van der Waals surface area contributed by atoms with E-state index in [2.05, 4.69) is 45.2 Å². The molecule has 0 amide bonds. The van der Waals surface area contributed by atoms with Crippen LogP contribution in [0.1, 0.15) is 26.7 Å². The normalized spacial score (nSPS) is 16.9. The Bertz CT molecular complexity index is 1840. The van der Waals surface area contributed by atoms with Gasteiger partial charge in [-0.05, 0) is 13.3 Å². The maximum Gasteiger partial charge on any atom is 0.474 e. The molecule has 59 heavy (non-hydrogen) atoms. The van der Waals surface area contributed by atoms with Crippen LogP contribution >= 0.6 is 78.2 Å². The molecule has 0 rings (SSSR count). The van der Waals surface area contributed by atoms with Gasteiger partial charge in [0.1, 0.15) is 5.60 Å². The van der Waals surface area contributed by atoms with Gasteiger partial charge in [0.05, 0.1) is 0 Å². The lowest BCUT2D eigenvalue weighted by atomic mass is 9.80. The molecular weight excluding hydrogens is 1060 g/mol. The quantitative estimate of drug-likeness (QED) is 0.0294. The van der Waals surface area contributed by atoms with E-state index in [4.69, 9.17) is 0 Å². The SMILES string of the molecule is CCCC(C)(OP(=O)(O)O)C(OP(=O)(O)O)(OP(=O)(O)O)C(OP(=O)(O)O)(OP(=O)(O)O)C(OP(=O)(O)O)(OP(=O)(O)O)C(OP(=O)(O)O)(OP(=O)(O)O)OP(=O)(O)O. The summed E-state index contributed by atoms with van der Waals surface area (Å²) in [7, 11) is -77.5. The lowest BCUT2D eigenvalue weighted by molar-refractivity contribution is -0.512. The van der Waals surface area contributed by atoms with E-state index in [1.807, 2.05) is 0 Å². The van der Waals surface area contributed by atoms with Gasteiger partial charge in [0.2, 0.25) is 0 Å². The smallest absolute Gasteiger partial charge is 0.303 e. The fraction of sp³-hybridized carbons (Fsp3) is 1.00. The molecular formula is C9H30O40P10. The Hall–Kier alpha value is 1.10. The fourth-order valence-electron chi connectivity index (χ4n) is 4.32. The van der Waals surface area contributed by atoms with E-state index >= 15 is 0 Å². The first kappa shape index (κ1) is 60.1. The van der Waals surface area contributed by atoms with Crippen LogP contribution in [0.4, 0.5) is 0 Å². The minimum Gasteiger partial charge on any atom is -0.303 e. The third-order valence-corrected chi connectivity index (χ3v) is 10.3. The van der Waals surface area contributed by atoms with Crippen molar-refractivity contribution in [1.82, 2.24) is 0 Å². The van der Waals surface area contributed by atoms with Crippen molar-refractivity contribution < 1.29 is 189 Å². The molecule has 40 nitrogen and oxygen atoms in total. The summed E-state index contributed by atoms with van der Waals surface area (Å²) >= 11 is 0. The van der Waals surface area contributed by atoms with Crippen LogP contribution in [0, 0.1) is 0 Å². The average Bonchev–Trinajstić information content (AvgIpc) is 2.77. The molecule has 0 aliphatic heterocycles. The van der Waals surface area contributed by atoms with Crippen molar-refractivity contribution in [3.05, 3.63) is 0 Å². The highest BCUT2D eigenvalue weighted by atomic mass is 31.2. The average molecular weight is 1090 g/mol. The molecule has 0 saturated heterocycles. The van der Waals surface area contributed by atoms with Crippen LogP contribution in [0.15, 0.2) is 0 Å². The molecule has 356 valence electrons. The summed E-state index contributed by atoms with van der Waals surface area (Å²) < 4.78 is 163. The standard InChI is InChI=1S/C9H30O40P10/c1-3-4-5(2,40-50(10,11)12)6(41-51(13,14)15,42-52(16,17)18)7(43-53(19,20)21,44-54(22,23)24)8(45-55(25,26)27,46-56(28,29)30)9(47-57(31,32)33,48-58(34,35)36)49-59(37,38)39/h3-4H2,1-2H3,(H2,10,11,12)(H2,13,14,15)(H2,16,17,18)(H2,19,20,21)(H2,22,23,24)(H2,25,26,27)(H2,28,29,30)(H2,31,32,33)(H2,34,35,36)(H2,37,38,39). The number of rotatable bonds is 26. The molecule has 0 heterocycles. The molecule has 0 aromatic carbocycles. The van der Waals surface area contributed by atoms with Crippen LogP contribution in [0.5, 0.6) is 0 Å². The monoisotopic (exact) mass is 1090 g/mol. The van der Waals surface area contributed by atoms with Crippen molar-refractivity contribution in [2.75, 3.05) is 0 Å². The largest absolute Gasteiger partial charge is 0.474 e. The van der Waals surface area contributed by atoms with Gasteiger partial charge in [-0.15, -0.1) is 0 Å². The summed E-state index contributed by atoms with van der Waals surface area (Å²) in [4.78, 5) is 198. The van der Waals surface area contributed by atoms with Gasteiger partial charge >= 0.3 is 95.8 Å². The highest BCUT2D eigenvalue weighted by Gasteiger charge is 2.92. The number of hydrogen-bond donors (Lipinski definition) is 20. The van der Waals surface area contributed by atoms with E-state index in [9.17, 15) is 144 Å². The van der Waals surface area contributed by atoms with Crippen molar-refractivity contribution >= 4 is 78.2 Å². The molecule has 0 aliphatic carbocycles. The fourth-order valence-corrected chi connectivity index (χ4v) is 10.7. The van der Waals surface area contributed by atoms with E-state index in [0.29, 0.717) is 6.92 Å². The molecule has 0 bridgehead atoms. The molecule has 0 spiro atoms. The van der Waals surface area contributed by atoms with Crippen LogP contribution in [-0.2, 0) is 90.9 Å². The zero-order valence-electron chi connectivity index (χ0n) is 27.5. The van der Waals surface area contributed by atoms with Gasteiger partial charge in [-0.2, -0.15) is 0 Å². The Balaban J connectivity index is 11.5. The molecule has 20 N–H and O–H groups in total. The third-order valence-electron chi connectivity index (χ3n) is 5.22. The second-order valence-corrected chi connectivity index (χ2v) is 21.8. The summed E-state index contributed by atoms with van der Waals surface area (Å²) in [5.41, 5.74) is -4.95. The maximum absolute atomic E-state index is 12.8. The Kier molecular flexibility index (Phi) is 19.1. The summed E-state index contributed by atoms with van der Waals surface area (Å²) in [6.07, 6.45) is -3.38. The highest BCUT2D eigenvalue weighted by molar-refractivity contribution is 7.49. The van der Waals surface area contributed by atoms with Gasteiger partial charge in [-0.25, -0.2) is 86.4 Å². The van der Waals surface area contributed by atoms with Crippen molar-refractivity contribution in [1.29, 1.82) is 0 Å².